The molecule has 0 bridgehead atoms. The topological polar surface area (TPSA) is 91.2 Å². The smallest absolute Gasteiger partial charge is 0.217 e. The molecule has 1 atom stereocenters. The minimum Gasteiger partial charge on any atom is -0.470 e. The van der Waals surface area contributed by atoms with Crippen LogP contribution in [0.4, 0.5) is 5.82 Å². The molecule has 0 aliphatic rings. The molecule has 0 aliphatic carbocycles. The summed E-state index contributed by atoms with van der Waals surface area (Å²) in [5.74, 6) is 0.829. The zero-order valence-corrected chi connectivity index (χ0v) is 13.6. The lowest BCUT2D eigenvalue weighted by atomic mass is 10.1. The molecule has 1 aromatic carbocycles. The lowest BCUT2D eigenvalue weighted by Gasteiger charge is -2.14. The average Bonchev–Trinajstić information content (AvgIpc) is 2.98. The van der Waals surface area contributed by atoms with Gasteiger partial charge >= 0.3 is 0 Å². The second kappa shape index (κ2) is 6.20. The van der Waals surface area contributed by atoms with E-state index >= 15 is 0 Å². The lowest BCUT2D eigenvalue weighted by Crippen LogP contribution is -2.04. The first-order chi connectivity index (χ1) is 12.2. The van der Waals surface area contributed by atoms with E-state index in [0.29, 0.717) is 28.6 Å². The highest BCUT2D eigenvalue weighted by atomic mass is 16.5. The summed E-state index contributed by atoms with van der Waals surface area (Å²) in [5, 5.41) is 4.26. The Bertz CT molecular complexity index is 1020. The highest BCUT2D eigenvalue weighted by Crippen LogP contribution is 2.29. The third-order valence-corrected chi connectivity index (χ3v) is 3.89. The highest BCUT2D eigenvalue weighted by Gasteiger charge is 2.16. The van der Waals surface area contributed by atoms with E-state index < -0.39 is 0 Å². The molecule has 4 rings (SSSR count). The van der Waals surface area contributed by atoms with Gasteiger partial charge in [0.05, 0.1) is 11.3 Å². The number of hydrogen-bond donors (Lipinski definition) is 1. The zero-order valence-electron chi connectivity index (χ0n) is 13.6. The first-order valence-corrected chi connectivity index (χ1v) is 7.85. The van der Waals surface area contributed by atoms with Gasteiger partial charge < -0.3 is 10.5 Å². The Kier molecular flexibility index (Phi) is 3.74. The number of nitrogen functional groups attached to an aromatic ring is 1. The Morgan fingerprint density at radius 1 is 1.12 bits per heavy atom. The molecular weight excluding hydrogens is 316 g/mol. The molecule has 0 spiro atoms. The van der Waals surface area contributed by atoms with Crippen molar-refractivity contribution in [3.8, 4) is 17.1 Å². The van der Waals surface area contributed by atoms with Crippen molar-refractivity contribution in [2.75, 3.05) is 5.73 Å². The van der Waals surface area contributed by atoms with Gasteiger partial charge in [0, 0.05) is 21.3 Å². The number of aromatic nitrogens is 5. The van der Waals surface area contributed by atoms with E-state index in [-0.39, 0.29) is 8.96 Å². The molecule has 0 fully saturated rings. The van der Waals surface area contributed by atoms with Gasteiger partial charge in [0.25, 0.3) is 0 Å². The second-order valence-corrected chi connectivity index (χ2v) is 5.56. The summed E-state index contributed by atoms with van der Waals surface area (Å²) >= 11 is 0. The summed E-state index contributed by atoms with van der Waals surface area (Å²) in [7, 11) is 0. The summed E-state index contributed by atoms with van der Waals surface area (Å²) in [4.78, 5) is 12.8. The van der Waals surface area contributed by atoms with Crippen molar-refractivity contribution in [2.24, 2.45) is 0 Å². The van der Waals surface area contributed by atoms with Crippen LogP contribution in [0.2, 0.25) is 0 Å². The van der Waals surface area contributed by atoms with E-state index in [1.165, 1.54) is 6.33 Å². The normalized spacial score (nSPS) is 12.2. The molecule has 0 unspecified atom stereocenters. The van der Waals surface area contributed by atoms with E-state index in [9.17, 15) is 0 Å². The van der Waals surface area contributed by atoms with Crippen molar-refractivity contribution in [1.29, 1.82) is 0 Å². The molecule has 0 saturated carbocycles. The van der Waals surface area contributed by atoms with Crippen LogP contribution in [0.3, 0.4) is 0 Å². The van der Waals surface area contributed by atoms with Gasteiger partial charge in [-0.05, 0) is 18.6 Å². The monoisotopic (exact) mass is 336 g/mol. The van der Waals surface area contributed by atoms with E-state index in [1.54, 1.807) is 29.0 Å². The SMILES string of the molecule is C[C@H](Oc1cc(-c2c(N)nn3cccnc23)ncn1)c1ccccc1.[HH].[HH]. The van der Waals surface area contributed by atoms with Crippen molar-refractivity contribution >= 4 is 11.5 Å². The molecule has 0 radical (unpaired) electrons. The van der Waals surface area contributed by atoms with Crippen molar-refractivity contribution in [1.82, 2.24) is 24.6 Å². The number of hydrogen-bond acceptors (Lipinski definition) is 6. The van der Waals surface area contributed by atoms with Gasteiger partial charge in [-0.15, -0.1) is 5.10 Å². The number of fused-ring (bicyclic) bond motifs is 1. The van der Waals surface area contributed by atoms with Crippen LogP contribution in [0.5, 0.6) is 5.88 Å². The van der Waals surface area contributed by atoms with Crippen molar-refractivity contribution in [2.45, 2.75) is 13.0 Å². The van der Waals surface area contributed by atoms with Crippen LogP contribution in [-0.4, -0.2) is 24.6 Å². The number of nitrogens with two attached hydrogens (primary N) is 1. The van der Waals surface area contributed by atoms with Gasteiger partial charge in [-0.1, -0.05) is 30.3 Å². The molecule has 2 N–H and O–H groups in total. The molecule has 7 heteroatoms. The number of rotatable bonds is 4. The molecule has 4 aromatic rings. The number of anilines is 1. The zero-order chi connectivity index (χ0) is 17.2. The van der Waals surface area contributed by atoms with Crippen LogP contribution in [0.1, 0.15) is 21.4 Å². The fourth-order valence-electron chi connectivity index (χ4n) is 2.66. The van der Waals surface area contributed by atoms with Crippen LogP contribution >= 0.6 is 0 Å². The third kappa shape index (κ3) is 2.87. The van der Waals surface area contributed by atoms with Gasteiger partial charge in [-0.3, -0.25) is 0 Å². The lowest BCUT2D eigenvalue weighted by molar-refractivity contribution is 0.217. The molecule has 25 heavy (non-hydrogen) atoms. The predicted molar refractivity (Wildman–Crippen MR) is 98.1 cm³/mol. The van der Waals surface area contributed by atoms with E-state index in [2.05, 4.69) is 20.1 Å². The van der Waals surface area contributed by atoms with E-state index in [0.717, 1.165) is 5.56 Å². The molecule has 3 aromatic heterocycles. The van der Waals surface area contributed by atoms with E-state index in [4.69, 9.17) is 10.5 Å². The number of benzene rings is 1. The largest absolute Gasteiger partial charge is 0.470 e. The molecular formula is C18H20N6O. The van der Waals surface area contributed by atoms with Gasteiger partial charge in [-0.25, -0.2) is 19.5 Å². The fraction of sp³-hybridized carbons (Fsp3) is 0.111. The van der Waals surface area contributed by atoms with Gasteiger partial charge in [0.2, 0.25) is 5.88 Å². The molecule has 0 aliphatic heterocycles. The van der Waals surface area contributed by atoms with Crippen LogP contribution in [0, 0.1) is 0 Å². The quantitative estimate of drug-likeness (QED) is 0.614. The molecule has 3 heterocycles. The summed E-state index contributed by atoms with van der Waals surface area (Å²) in [5.41, 5.74) is 9.05. The summed E-state index contributed by atoms with van der Waals surface area (Å²) in [6.07, 6.45) is 4.80. The summed E-state index contributed by atoms with van der Waals surface area (Å²) < 4.78 is 7.58. The van der Waals surface area contributed by atoms with Crippen LogP contribution in [0.15, 0.2) is 61.2 Å². The highest BCUT2D eigenvalue weighted by molar-refractivity contribution is 5.84. The van der Waals surface area contributed by atoms with Crippen molar-refractivity contribution < 1.29 is 7.59 Å². The third-order valence-electron chi connectivity index (χ3n) is 3.89. The fourth-order valence-corrected chi connectivity index (χ4v) is 2.66. The maximum absolute atomic E-state index is 6.05. The van der Waals surface area contributed by atoms with Gasteiger partial charge in [-0.2, -0.15) is 0 Å². The Hall–Kier alpha value is -3.48. The summed E-state index contributed by atoms with van der Waals surface area (Å²) in [6.45, 7) is 1.97. The Morgan fingerprint density at radius 2 is 1.96 bits per heavy atom. The molecule has 0 amide bonds. The van der Waals surface area contributed by atoms with Crippen LogP contribution in [-0.2, 0) is 0 Å². The minimum absolute atomic E-state index is 0. The number of ether oxygens (including phenoxy) is 1. The first kappa shape index (κ1) is 15.1. The Labute approximate surface area is 147 Å². The van der Waals surface area contributed by atoms with Gasteiger partial charge in [0.15, 0.2) is 11.5 Å². The van der Waals surface area contributed by atoms with Crippen LogP contribution in [0.25, 0.3) is 16.9 Å². The van der Waals surface area contributed by atoms with Crippen molar-refractivity contribution in [3.63, 3.8) is 0 Å². The Morgan fingerprint density at radius 3 is 2.80 bits per heavy atom. The Balaban J connectivity index is 0.00000131. The van der Waals surface area contributed by atoms with Gasteiger partial charge in [0.1, 0.15) is 12.4 Å². The first-order valence-electron chi connectivity index (χ1n) is 7.85. The maximum Gasteiger partial charge on any atom is 0.217 e. The predicted octanol–water partition coefficient (Wildman–Crippen LogP) is 3.40. The molecule has 7 nitrogen and oxygen atoms in total. The number of nitrogens with zero attached hydrogens (tertiary/aromatic N) is 5. The van der Waals surface area contributed by atoms with Crippen LogP contribution < -0.4 is 10.5 Å². The summed E-state index contributed by atoms with van der Waals surface area (Å²) in [6, 6.07) is 13.5. The standard InChI is InChI=1S/C18H16N6O.2H2/c1-12(13-6-3-2-4-7-13)25-15-10-14(21-11-22-15)16-17(19)23-24-9-5-8-20-18(16)24;;/h2-12H,1H3,(H2,19,23);2*1H/t12-;;/m0../s1. The molecule has 128 valence electrons. The average molecular weight is 336 g/mol. The minimum atomic E-state index is -0.136. The maximum atomic E-state index is 6.05. The van der Waals surface area contributed by atoms with Crippen molar-refractivity contribution in [3.05, 3.63) is 66.7 Å². The molecule has 0 saturated heterocycles. The second-order valence-electron chi connectivity index (χ2n) is 5.56. The van der Waals surface area contributed by atoms with E-state index in [1.807, 2.05) is 37.3 Å².